The average molecular weight is 307 g/mol. The topological polar surface area (TPSA) is 41.1 Å². The van der Waals surface area contributed by atoms with Crippen LogP contribution in [0.1, 0.15) is 5.56 Å². The lowest BCUT2D eigenvalue weighted by atomic mass is 10.1. The normalized spacial score (nSPS) is 16.4. The van der Waals surface area contributed by atoms with E-state index in [2.05, 4.69) is 10.6 Å². The number of hydrogen-bond acceptors (Lipinski definition) is 2. The number of amides is 1. The van der Waals surface area contributed by atoms with E-state index in [1.54, 1.807) is 18.2 Å². The number of carbonyl (C=O) groups excluding carboxylic acids is 1. The summed E-state index contributed by atoms with van der Waals surface area (Å²) in [4.78, 5) is 12.2. The van der Waals surface area contributed by atoms with Gasteiger partial charge in [-0.05, 0) is 29.8 Å². The summed E-state index contributed by atoms with van der Waals surface area (Å²) < 4.78 is 0. The number of carbonyl (C=O) groups is 1. The predicted octanol–water partition coefficient (Wildman–Crippen LogP) is 3.97. The van der Waals surface area contributed by atoms with Gasteiger partial charge in [0.15, 0.2) is 0 Å². The van der Waals surface area contributed by atoms with Crippen LogP contribution in [0.2, 0.25) is 10.0 Å². The van der Waals surface area contributed by atoms with E-state index in [1.165, 1.54) is 0 Å². The minimum absolute atomic E-state index is 0.0837. The highest BCUT2D eigenvalue weighted by Gasteiger charge is 2.26. The molecule has 0 aromatic heterocycles. The number of fused-ring (bicyclic) bond motifs is 1. The molecule has 0 aliphatic carbocycles. The maximum Gasteiger partial charge on any atom is 0.247 e. The van der Waals surface area contributed by atoms with Gasteiger partial charge < -0.3 is 10.6 Å². The van der Waals surface area contributed by atoms with Crippen molar-refractivity contribution >= 4 is 40.5 Å². The van der Waals surface area contributed by atoms with E-state index in [0.29, 0.717) is 22.2 Å². The summed E-state index contributed by atoms with van der Waals surface area (Å²) in [5.74, 6) is -0.0837. The molecule has 0 spiro atoms. The molecule has 1 heterocycles. The fourth-order valence-corrected chi connectivity index (χ4v) is 2.56. The molecular weight excluding hydrogens is 295 g/mol. The molecule has 1 aliphatic heterocycles. The first-order valence-electron chi connectivity index (χ1n) is 6.24. The van der Waals surface area contributed by atoms with Gasteiger partial charge in [-0.15, -0.1) is 0 Å². The summed E-state index contributed by atoms with van der Waals surface area (Å²) in [7, 11) is 0. The molecule has 0 fully saturated rings. The van der Waals surface area contributed by atoms with Crippen LogP contribution in [0.15, 0.2) is 42.5 Å². The average Bonchev–Trinajstić information content (AvgIpc) is 2.87. The molecule has 3 rings (SSSR count). The third-order valence-electron chi connectivity index (χ3n) is 3.27. The zero-order valence-corrected chi connectivity index (χ0v) is 12.0. The van der Waals surface area contributed by atoms with Crippen LogP contribution >= 0.6 is 23.2 Å². The number of hydrogen-bond donors (Lipinski definition) is 2. The van der Waals surface area contributed by atoms with Crippen LogP contribution in [0, 0.1) is 0 Å². The van der Waals surface area contributed by atoms with Crippen LogP contribution in [0.25, 0.3) is 0 Å². The Labute approximate surface area is 126 Å². The second kappa shape index (κ2) is 5.35. The highest BCUT2D eigenvalue weighted by Crippen LogP contribution is 2.27. The van der Waals surface area contributed by atoms with Crippen LogP contribution in [-0.2, 0) is 11.2 Å². The Morgan fingerprint density at radius 3 is 2.70 bits per heavy atom. The molecule has 1 unspecified atom stereocenters. The van der Waals surface area contributed by atoms with E-state index in [9.17, 15) is 4.79 Å². The van der Waals surface area contributed by atoms with Gasteiger partial charge in [0.1, 0.15) is 6.04 Å². The largest absolute Gasteiger partial charge is 0.373 e. The SMILES string of the molecule is O=C(Nc1ccc(Cl)c(Cl)c1)C1Cc2ccccc2N1. The van der Waals surface area contributed by atoms with Crippen molar-refractivity contribution in [3.8, 4) is 0 Å². The lowest BCUT2D eigenvalue weighted by Gasteiger charge is -2.12. The fourth-order valence-electron chi connectivity index (χ4n) is 2.26. The lowest BCUT2D eigenvalue weighted by Crippen LogP contribution is -2.32. The van der Waals surface area contributed by atoms with Gasteiger partial charge >= 0.3 is 0 Å². The van der Waals surface area contributed by atoms with Gasteiger partial charge in [0, 0.05) is 17.8 Å². The molecule has 5 heteroatoms. The highest BCUT2D eigenvalue weighted by molar-refractivity contribution is 6.42. The van der Waals surface area contributed by atoms with E-state index >= 15 is 0 Å². The Kier molecular flexibility index (Phi) is 3.55. The quantitative estimate of drug-likeness (QED) is 0.881. The molecule has 2 aromatic carbocycles. The smallest absolute Gasteiger partial charge is 0.247 e. The third kappa shape index (κ3) is 2.60. The first kappa shape index (κ1) is 13.3. The number of halogens is 2. The monoisotopic (exact) mass is 306 g/mol. The predicted molar refractivity (Wildman–Crippen MR) is 82.6 cm³/mol. The molecular formula is C15H12Cl2N2O. The summed E-state index contributed by atoms with van der Waals surface area (Å²) in [6.07, 6.45) is 0.684. The Morgan fingerprint density at radius 1 is 1.15 bits per heavy atom. The van der Waals surface area contributed by atoms with Gasteiger partial charge in [0.25, 0.3) is 0 Å². The van der Waals surface area contributed by atoms with Gasteiger partial charge in [0.05, 0.1) is 10.0 Å². The molecule has 20 heavy (non-hydrogen) atoms. The number of anilines is 2. The van der Waals surface area contributed by atoms with Crippen molar-refractivity contribution < 1.29 is 4.79 Å². The van der Waals surface area contributed by atoms with Crippen molar-refractivity contribution in [2.45, 2.75) is 12.5 Å². The van der Waals surface area contributed by atoms with Crippen molar-refractivity contribution in [3.63, 3.8) is 0 Å². The van der Waals surface area contributed by atoms with Gasteiger partial charge in [-0.3, -0.25) is 4.79 Å². The van der Waals surface area contributed by atoms with Crippen molar-refractivity contribution in [1.82, 2.24) is 0 Å². The van der Waals surface area contributed by atoms with Crippen LogP contribution in [0.5, 0.6) is 0 Å². The van der Waals surface area contributed by atoms with Crippen LogP contribution in [-0.4, -0.2) is 11.9 Å². The second-order valence-electron chi connectivity index (χ2n) is 4.68. The van der Waals surface area contributed by atoms with Crippen molar-refractivity contribution in [2.75, 3.05) is 10.6 Å². The summed E-state index contributed by atoms with van der Waals surface area (Å²) in [6.45, 7) is 0. The molecule has 2 N–H and O–H groups in total. The zero-order valence-electron chi connectivity index (χ0n) is 10.5. The summed E-state index contributed by atoms with van der Waals surface area (Å²) in [6, 6.07) is 12.7. The maximum atomic E-state index is 12.2. The molecule has 0 radical (unpaired) electrons. The number of para-hydroxylation sites is 1. The summed E-state index contributed by atoms with van der Waals surface area (Å²) >= 11 is 11.8. The van der Waals surface area contributed by atoms with Crippen molar-refractivity contribution in [1.29, 1.82) is 0 Å². The highest BCUT2D eigenvalue weighted by atomic mass is 35.5. The molecule has 3 nitrogen and oxygen atoms in total. The summed E-state index contributed by atoms with van der Waals surface area (Å²) in [5.41, 5.74) is 2.81. The van der Waals surface area contributed by atoms with E-state index in [1.807, 2.05) is 24.3 Å². The minimum atomic E-state index is -0.262. The number of rotatable bonds is 2. The molecule has 2 aromatic rings. The number of nitrogens with one attached hydrogen (secondary N) is 2. The molecule has 102 valence electrons. The standard InChI is InChI=1S/C15H12Cl2N2O/c16-11-6-5-10(8-12(11)17)18-15(20)14-7-9-3-1-2-4-13(9)19-14/h1-6,8,14,19H,7H2,(H,18,20). The lowest BCUT2D eigenvalue weighted by molar-refractivity contribution is -0.116. The van der Waals surface area contributed by atoms with E-state index in [-0.39, 0.29) is 11.9 Å². The van der Waals surface area contributed by atoms with Gasteiger partial charge in [-0.25, -0.2) is 0 Å². The second-order valence-corrected chi connectivity index (χ2v) is 5.49. The fraction of sp³-hybridized carbons (Fsp3) is 0.133. The Balaban J connectivity index is 1.71. The molecule has 0 saturated carbocycles. The number of benzene rings is 2. The zero-order chi connectivity index (χ0) is 14.1. The summed E-state index contributed by atoms with van der Waals surface area (Å²) in [5, 5.41) is 6.94. The van der Waals surface area contributed by atoms with Crippen LogP contribution < -0.4 is 10.6 Å². The van der Waals surface area contributed by atoms with E-state index in [0.717, 1.165) is 11.3 Å². The maximum absolute atomic E-state index is 12.2. The minimum Gasteiger partial charge on any atom is -0.373 e. The van der Waals surface area contributed by atoms with Gasteiger partial charge in [-0.2, -0.15) is 0 Å². The van der Waals surface area contributed by atoms with Crippen LogP contribution in [0.3, 0.4) is 0 Å². The first-order valence-corrected chi connectivity index (χ1v) is 6.99. The van der Waals surface area contributed by atoms with Crippen molar-refractivity contribution in [3.05, 3.63) is 58.1 Å². The van der Waals surface area contributed by atoms with Crippen LogP contribution in [0.4, 0.5) is 11.4 Å². The molecule has 0 bridgehead atoms. The molecule has 0 saturated heterocycles. The Bertz CT molecular complexity index is 648. The van der Waals surface area contributed by atoms with E-state index < -0.39 is 0 Å². The molecule has 1 atom stereocenters. The third-order valence-corrected chi connectivity index (χ3v) is 4.01. The Morgan fingerprint density at radius 2 is 1.95 bits per heavy atom. The molecule has 1 aliphatic rings. The van der Waals surface area contributed by atoms with Gasteiger partial charge in [-0.1, -0.05) is 41.4 Å². The Hall–Kier alpha value is -1.71. The van der Waals surface area contributed by atoms with Crippen molar-refractivity contribution in [2.24, 2.45) is 0 Å². The van der Waals surface area contributed by atoms with E-state index in [4.69, 9.17) is 23.2 Å². The first-order chi connectivity index (χ1) is 9.63. The van der Waals surface area contributed by atoms with Gasteiger partial charge in [0.2, 0.25) is 5.91 Å². The molecule has 1 amide bonds.